The molecule has 0 heterocycles. The number of aryl methyl sites for hydroxylation is 1. The standard InChI is InChI=1S/C15H24N2O2/c1-4-12(2)17-15(18)16-11-5-6-13-7-9-14(19-3)10-8-13/h7-10,12H,4-6,11H2,1-3H3,(H2,16,17,18). The van der Waals surface area contributed by atoms with E-state index in [4.69, 9.17) is 4.74 Å². The molecule has 1 aromatic rings. The molecule has 0 bridgehead atoms. The highest BCUT2D eigenvalue weighted by molar-refractivity contribution is 5.74. The van der Waals surface area contributed by atoms with Gasteiger partial charge in [0.1, 0.15) is 5.75 Å². The number of rotatable bonds is 7. The van der Waals surface area contributed by atoms with Crippen molar-refractivity contribution >= 4 is 6.03 Å². The van der Waals surface area contributed by atoms with E-state index < -0.39 is 0 Å². The summed E-state index contributed by atoms with van der Waals surface area (Å²) >= 11 is 0. The molecule has 0 saturated carbocycles. The number of hydrogen-bond acceptors (Lipinski definition) is 2. The molecule has 0 aliphatic heterocycles. The summed E-state index contributed by atoms with van der Waals surface area (Å²) in [7, 11) is 1.66. The van der Waals surface area contributed by atoms with Gasteiger partial charge in [0.15, 0.2) is 0 Å². The van der Waals surface area contributed by atoms with Crippen LogP contribution in [0.4, 0.5) is 4.79 Å². The summed E-state index contributed by atoms with van der Waals surface area (Å²) in [5.74, 6) is 0.870. The van der Waals surface area contributed by atoms with Crippen LogP contribution >= 0.6 is 0 Å². The van der Waals surface area contributed by atoms with Crippen molar-refractivity contribution in [3.63, 3.8) is 0 Å². The molecule has 2 N–H and O–H groups in total. The fourth-order valence-corrected chi connectivity index (χ4v) is 1.66. The third-order valence-corrected chi connectivity index (χ3v) is 3.08. The number of ether oxygens (including phenoxy) is 1. The molecule has 1 rings (SSSR count). The summed E-state index contributed by atoms with van der Waals surface area (Å²) in [5.41, 5.74) is 1.25. The third-order valence-electron chi connectivity index (χ3n) is 3.08. The van der Waals surface area contributed by atoms with Gasteiger partial charge in [-0.25, -0.2) is 4.79 Å². The molecule has 0 radical (unpaired) electrons. The summed E-state index contributed by atoms with van der Waals surface area (Å²) in [6.45, 7) is 4.74. The van der Waals surface area contributed by atoms with Gasteiger partial charge in [-0.3, -0.25) is 0 Å². The van der Waals surface area contributed by atoms with Gasteiger partial charge in [-0.1, -0.05) is 19.1 Å². The highest BCUT2D eigenvalue weighted by Crippen LogP contribution is 2.12. The molecule has 4 heteroatoms. The molecule has 0 fully saturated rings. The fourth-order valence-electron chi connectivity index (χ4n) is 1.66. The summed E-state index contributed by atoms with van der Waals surface area (Å²) < 4.78 is 5.11. The predicted octanol–water partition coefficient (Wildman–Crippen LogP) is 2.73. The Hall–Kier alpha value is -1.71. The van der Waals surface area contributed by atoms with Gasteiger partial charge in [0, 0.05) is 12.6 Å². The van der Waals surface area contributed by atoms with Gasteiger partial charge in [0.05, 0.1) is 7.11 Å². The van der Waals surface area contributed by atoms with Gasteiger partial charge in [0.25, 0.3) is 0 Å². The van der Waals surface area contributed by atoms with E-state index in [-0.39, 0.29) is 12.1 Å². The summed E-state index contributed by atoms with van der Waals surface area (Å²) in [5, 5.41) is 5.74. The lowest BCUT2D eigenvalue weighted by Crippen LogP contribution is -2.40. The molecular weight excluding hydrogens is 240 g/mol. The van der Waals surface area contributed by atoms with E-state index in [1.165, 1.54) is 5.56 Å². The first kappa shape index (κ1) is 15.3. The minimum absolute atomic E-state index is 0.0796. The van der Waals surface area contributed by atoms with Crippen LogP contribution < -0.4 is 15.4 Å². The maximum Gasteiger partial charge on any atom is 0.314 e. The Morgan fingerprint density at radius 1 is 1.32 bits per heavy atom. The van der Waals surface area contributed by atoms with Crippen LogP contribution in [0.3, 0.4) is 0 Å². The Balaban J connectivity index is 2.17. The SMILES string of the molecule is CCC(C)NC(=O)NCCCc1ccc(OC)cc1. The van der Waals surface area contributed by atoms with Gasteiger partial charge < -0.3 is 15.4 Å². The second-order valence-corrected chi connectivity index (χ2v) is 4.66. The molecule has 1 unspecified atom stereocenters. The van der Waals surface area contributed by atoms with Gasteiger partial charge in [-0.15, -0.1) is 0 Å². The van der Waals surface area contributed by atoms with E-state index in [0.29, 0.717) is 6.54 Å². The number of methoxy groups -OCH3 is 1. The number of benzene rings is 1. The summed E-state index contributed by atoms with van der Waals surface area (Å²) in [4.78, 5) is 11.5. The van der Waals surface area contributed by atoms with Crippen molar-refractivity contribution in [3.8, 4) is 5.75 Å². The van der Waals surface area contributed by atoms with E-state index in [1.807, 2.05) is 19.1 Å². The van der Waals surface area contributed by atoms with Crippen molar-refractivity contribution in [3.05, 3.63) is 29.8 Å². The molecule has 0 saturated heterocycles. The van der Waals surface area contributed by atoms with Crippen LogP contribution in [0.2, 0.25) is 0 Å². The Kier molecular flexibility index (Phi) is 6.79. The number of hydrogen-bond donors (Lipinski definition) is 2. The van der Waals surface area contributed by atoms with Gasteiger partial charge in [0.2, 0.25) is 0 Å². The van der Waals surface area contributed by atoms with Crippen molar-refractivity contribution in [2.24, 2.45) is 0 Å². The lowest BCUT2D eigenvalue weighted by atomic mass is 10.1. The van der Waals surface area contributed by atoms with Crippen molar-refractivity contribution in [1.82, 2.24) is 10.6 Å². The highest BCUT2D eigenvalue weighted by atomic mass is 16.5. The number of carbonyl (C=O) groups excluding carboxylic acids is 1. The van der Waals surface area contributed by atoms with Gasteiger partial charge >= 0.3 is 6.03 Å². The average molecular weight is 264 g/mol. The zero-order valence-corrected chi connectivity index (χ0v) is 12.0. The smallest absolute Gasteiger partial charge is 0.314 e. The molecular formula is C15H24N2O2. The lowest BCUT2D eigenvalue weighted by Gasteiger charge is -2.12. The Morgan fingerprint density at radius 3 is 2.58 bits per heavy atom. The van der Waals surface area contributed by atoms with E-state index in [1.54, 1.807) is 7.11 Å². The van der Waals surface area contributed by atoms with E-state index >= 15 is 0 Å². The molecule has 106 valence electrons. The van der Waals surface area contributed by atoms with Crippen LogP contribution in [0.15, 0.2) is 24.3 Å². The maximum absolute atomic E-state index is 11.5. The van der Waals surface area contributed by atoms with E-state index in [2.05, 4.69) is 29.7 Å². The molecule has 0 aliphatic carbocycles. The molecule has 19 heavy (non-hydrogen) atoms. The first-order valence-electron chi connectivity index (χ1n) is 6.83. The van der Waals surface area contributed by atoms with Crippen LogP contribution in [0.5, 0.6) is 5.75 Å². The molecule has 4 nitrogen and oxygen atoms in total. The zero-order valence-electron chi connectivity index (χ0n) is 12.0. The fraction of sp³-hybridized carbons (Fsp3) is 0.533. The van der Waals surface area contributed by atoms with Gasteiger partial charge in [-0.05, 0) is 43.9 Å². The van der Waals surface area contributed by atoms with Crippen molar-refractivity contribution < 1.29 is 9.53 Å². The number of nitrogens with one attached hydrogen (secondary N) is 2. The van der Waals surface area contributed by atoms with Crippen LogP contribution in [-0.2, 0) is 6.42 Å². The first-order valence-corrected chi connectivity index (χ1v) is 6.83. The quantitative estimate of drug-likeness (QED) is 0.744. The van der Waals surface area contributed by atoms with Crippen LogP contribution in [-0.4, -0.2) is 25.7 Å². The number of urea groups is 1. The predicted molar refractivity (Wildman–Crippen MR) is 77.6 cm³/mol. The average Bonchev–Trinajstić information content (AvgIpc) is 2.44. The second kappa shape index (κ2) is 8.40. The van der Waals surface area contributed by atoms with Crippen molar-refractivity contribution in [1.29, 1.82) is 0 Å². The molecule has 0 aromatic heterocycles. The second-order valence-electron chi connectivity index (χ2n) is 4.66. The van der Waals surface area contributed by atoms with E-state index in [9.17, 15) is 4.79 Å². The molecule has 0 aliphatic rings. The lowest BCUT2D eigenvalue weighted by molar-refractivity contribution is 0.237. The van der Waals surface area contributed by atoms with Crippen LogP contribution in [0, 0.1) is 0 Å². The van der Waals surface area contributed by atoms with Crippen LogP contribution in [0.25, 0.3) is 0 Å². The highest BCUT2D eigenvalue weighted by Gasteiger charge is 2.03. The number of carbonyl (C=O) groups is 1. The Bertz CT molecular complexity index is 376. The van der Waals surface area contributed by atoms with Gasteiger partial charge in [-0.2, -0.15) is 0 Å². The molecule has 1 atom stereocenters. The summed E-state index contributed by atoms with van der Waals surface area (Å²) in [6.07, 6.45) is 2.83. The third kappa shape index (κ3) is 6.13. The minimum Gasteiger partial charge on any atom is -0.497 e. The van der Waals surface area contributed by atoms with Crippen LogP contribution in [0.1, 0.15) is 32.3 Å². The Labute approximate surface area is 115 Å². The largest absolute Gasteiger partial charge is 0.497 e. The normalized spacial score (nSPS) is 11.7. The molecule has 1 aromatic carbocycles. The molecule has 0 spiro atoms. The van der Waals surface area contributed by atoms with Crippen molar-refractivity contribution in [2.75, 3.05) is 13.7 Å². The maximum atomic E-state index is 11.5. The monoisotopic (exact) mass is 264 g/mol. The first-order chi connectivity index (χ1) is 9.15. The minimum atomic E-state index is -0.0796. The Morgan fingerprint density at radius 2 is 2.00 bits per heavy atom. The van der Waals surface area contributed by atoms with E-state index in [0.717, 1.165) is 25.0 Å². The zero-order chi connectivity index (χ0) is 14.1. The molecule has 2 amide bonds. The summed E-state index contributed by atoms with van der Waals surface area (Å²) in [6, 6.07) is 8.16. The van der Waals surface area contributed by atoms with Crippen molar-refractivity contribution in [2.45, 2.75) is 39.2 Å². The topological polar surface area (TPSA) is 50.4 Å². The number of amides is 2.